The van der Waals surface area contributed by atoms with E-state index in [-0.39, 0.29) is 18.1 Å². The van der Waals surface area contributed by atoms with Gasteiger partial charge in [-0.2, -0.15) is 0 Å². The molecule has 1 aromatic heterocycles. The molecular weight excluding hydrogens is 236 g/mol. The summed E-state index contributed by atoms with van der Waals surface area (Å²) in [6.45, 7) is 3.60. The summed E-state index contributed by atoms with van der Waals surface area (Å²) in [7, 11) is 1.46. The maximum Gasteiger partial charge on any atom is 0.354 e. The number of nitrogens with zero attached hydrogens (tertiary/aromatic N) is 1. The van der Waals surface area contributed by atoms with Gasteiger partial charge in [-0.3, -0.25) is 4.79 Å². The third-order valence-corrected chi connectivity index (χ3v) is 2.55. The number of nitrogens with one attached hydrogen (secondary N) is 1. The molecule has 1 heterocycles. The minimum atomic E-state index is -1.08. The van der Waals surface area contributed by atoms with Crippen LogP contribution < -0.4 is 5.32 Å². The highest BCUT2D eigenvalue weighted by molar-refractivity contribution is 5.85. The molecule has 2 N–H and O–H groups in total. The topological polar surface area (TPSA) is 88.5 Å². The van der Waals surface area contributed by atoms with Gasteiger partial charge in [0.05, 0.1) is 0 Å². The van der Waals surface area contributed by atoms with Crippen molar-refractivity contribution in [2.45, 2.75) is 26.0 Å². The standard InChI is InChI=1S/C12H16N2O4/c1-12(2,18-3)11(17)14-7-8-4-5-9(10(15)16)13-6-8/h4-6H,7H2,1-3H3,(H,14,17)(H,15,16). The fourth-order valence-electron chi connectivity index (χ4n) is 1.14. The van der Waals surface area contributed by atoms with E-state index in [0.29, 0.717) is 0 Å². The molecule has 0 spiro atoms. The van der Waals surface area contributed by atoms with Crippen molar-refractivity contribution in [2.75, 3.05) is 7.11 Å². The van der Waals surface area contributed by atoms with Gasteiger partial charge in [0.25, 0.3) is 5.91 Å². The average molecular weight is 252 g/mol. The third-order valence-electron chi connectivity index (χ3n) is 2.55. The molecule has 1 aromatic rings. The number of carboxylic acid groups (broad SMARTS) is 1. The molecule has 6 nitrogen and oxygen atoms in total. The molecule has 1 rings (SSSR count). The first-order valence-electron chi connectivity index (χ1n) is 5.38. The summed E-state index contributed by atoms with van der Waals surface area (Å²) >= 11 is 0. The predicted octanol–water partition coefficient (Wildman–Crippen LogP) is 0.821. The summed E-state index contributed by atoms with van der Waals surface area (Å²) in [6.07, 6.45) is 1.42. The number of carbonyl (C=O) groups is 2. The van der Waals surface area contributed by atoms with E-state index in [0.717, 1.165) is 5.56 Å². The number of rotatable bonds is 5. The first-order chi connectivity index (χ1) is 8.36. The first-order valence-corrected chi connectivity index (χ1v) is 5.38. The first kappa shape index (κ1) is 14.1. The lowest BCUT2D eigenvalue weighted by Crippen LogP contribution is -2.43. The van der Waals surface area contributed by atoms with E-state index in [1.807, 2.05) is 0 Å². The summed E-state index contributed by atoms with van der Waals surface area (Å²) < 4.78 is 5.03. The van der Waals surface area contributed by atoms with Crippen molar-refractivity contribution in [2.24, 2.45) is 0 Å². The van der Waals surface area contributed by atoms with Crippen molar-refractivity contribution >= 4 is 11.9 Å². The molecule has 0 saturated heterocycles. The van der Waals surface area contributed by atoms with Gasteiger partial charge in [-0.05, 0) is 25.5 Å². The van der Waals surface area contributed by atoms with Crippen molar-refractivity contribution in [1.29, 1.82) is 0 Å². The Bertz CT molecular complexity index is 440. The number of ether oxygens (including phenoxy) is 1. The second-order valence-electron chi connectivity index (χ2n) is 4.25. The molecule has 0 saturated carbocycles. The average Bonchev–Trinajstić information content (AvgIpc) is 2.36. The Kier molecular flexibility index (Phi) is 4.38. The summed E-state index contributed by atoms with van der Waals surface area (Å²) in [5, 5.41) is 11.4. The van der Waals surface area contributed by atoms with Crippen LogP contribution in [0.5, 0.6) is 0 Å². The third kappa shape index (κ3) is 3.53. The second-order valence-corrected chi connectivity index (χ2v) is 4.25. The molecule has 0 unspecified atom stereocenters. The van der Waals surface area contributed by atoms with Gasteiger partial charge < -0.3 is 15.2 Å². The summed E-state index contributed by atoms with van der Waals surface area (Å²) in [5.41, 5.74) is -0.198. The van der Waals surface area contributed by atoms with Gasteiger partial charge in [-0.15, -0.1) is 0 Å². The highest BCUT2D eigenvalue weighted by Crippen LogP contribution is 2.08. The number of aromatic nitrogens is 1. The van der Waals surface area contributed by atoms with Gasteiger partial charge in [0, 0.05) is 19.9 Å². The summed E-state index contributed by atoms with van der Waals surface area (Å²) in [4.78, 5) is 26.0. The summed E-state index contributed by atoms with van der Waals surface area (Å²) in [6, 6.07) is 3.00. The number of aromatic carboxylic acids is 1. The Morgan fingerprint density at radius 1 is 1.44 bits per heavy atom. The number of hydrogen-bond donors (Lipinski definition) is 2. The maximum atomic E-state index is 11.7. The quantitative estimate of drug-likeness (QED) is 0.810. The number of amides is 1. The molecular formula is C12H16N2O4. The molecule has 0 fully saturated rings. The van der Waals surface area contributed by atoms with E-state index in [4.69, 9.17) is 9.84 Å². The molecule has 0 aliphatic heterocycles. The smallest absolute Gasteiger partial charge is 0.354 e. The highest BCUT2D eigenvalue weighted by Gasteiger charge is 2.26. The van der Waals surface area contributed by atoms with Crippen LogP contribution in [0.25, 0.3) is 0 Å². The van der Waals surface area contributed by atoms with Crippen LogP contribution in [0.2, 0.25) is 0 Å². The zero-order chi connectivity index (χ0) is 13.8. The van der Waals surface area contributed by atoms with E-state index < -0.39 is 11.6 Å². The van der Waals surface area contributed by atoms with Crippen molar-refractivity contribution in [3.8, 4) is 0 Å². The lowest BCUT2D eigenvalue weighted by Gasteiger charge is -2.21. The predicted molar refractivity (Wildman–Crippen MR) is 64.1 cm³/mol. The van der Waals surface area contributed by atoms with E-state index in [1.165, 1.54) is 19.4 Å². The Morgan fingerprint density at radius 3 is 2.56 bits per heavy atom. The number of hydrogen-bond acceptors (Lipinski definition) is 4. The van der Waals surface area contributed by atoms with Gasteiger partial charge >= 0.3 is 5.97 Å². The fourth-order valence-corrected chi connectivity index (χ4v) is 1.14. The van der Waals surface area contributed by atoms with Gasteiger partial charge in [0.1, 0.15) is 11.3 Å². The highest BCUT2D eigenvalue weighted by atomic mass is 16.5. The van der Waals surface area contributed by atoms with Crippen molar-refractivity contribution in [1.82, 2.24) is 10.3 Å². The monoisotopic (exact) mass is 252 g/mol. The van der Waals surface area contributed by atoms with Crippen LogP contribution in [0, 0.1) is 0 Å². The molecule has 0 aliphatic carbocycles. The number of pyridine rings is 1. The molecule has 0 bridgehead atoms. The van der Waals surface area contributed by atoms with Crippen LogP contribution in [-0.2, 0) is 16.1 Å². The normalized spacial score (nSPS) is 11.1. The Morgan fingerprint density at radius 2 is 2.11 bits per heavy atom. The number of methoxy groups -OCH3 is 1. The molecule has 1 amide bonds. The molecule has 0 radical (unpaired) electrons. The van der Waals surface area contributed by atoms with Crippen LogP contribution >= 0.6 is 0 Å². The van der Waals surface area contributed by atoms with Crippen LogP contribution in [0.4, 0.5) is 0 Å². The Labute approximate surface area is 105 Å². The van der Waals surface area contributed by atoms with Crippen molar-refractivity contribution < 1.29 is 19.4 Å². The molecule has 0 atom stereocenters. The largest absolute Gasteiger partial charge is 0.477 e. The molecule has 18 heavy (non-hydrogen) atoms. The number of carbonyl (C=O) groups excluding carboxylic acids is 1. The number of carboxylic acids is 1. The van der Waals surface area contributed by atoms with Crippen LogP contribution in [-0.4, -0.2) is 34.7 Å². The zero-order valence-corrected chi connectivity index (χ0v) is 10.6. The molecule has 0 aliphatic rings. The van der Waals surface area contributed by atoms with Crippen molar-refractivity contribution in [3.63, 3.8) is 0 Å². The van der Waals surface area contributed by atoms with Crippen LogP contribution in [0.3, 0.4) is 0 Å². The van der Waals surface area contributed by atoms with E-state index in [1.54, 1.807) is 19.9 Å². The minimum absolute atomic E-state index is 0.0257. The van der Waals surface area contributed by atoms with Gasteiger partial charge in [-0.25, -0.2) is 9.78 Å². The molecule has 6 heteroatoms. The van der Waals surface area contributed by atoms with Crippen LogP contribution in [0.15, 0.2) is 18.3 Å². The molecule has 98 valence electrons. The van der Waals surface area contributed by atoms with E-state index >= 15 is 0 Å². The zero-order valence-electron chi connectivity index (χ0n) is 10.6. The van der Waals surface area contributed by atoms with Gasteiger partial charge in [0.2, 0.25) is 0 Å². The second kappa shape index (κ2) is 5.59. The lowest BCUT2D eigenvalue weighted by atomic mass is 10.1. The van der Waals surface area contributed by atoms with Crippen molar-refractivity contribution in [3.05, 3.63) is 29.6 Å². The SMILES string of the molecule is COC(C)(C)C(=O)NCc1ccc(C(=O)O)nc1. The van der Waals surface area contributed by atoms with E-state index in [9.17, 15) is 9.59 Å². The fraction of sp³-hybridized carbons (Fsp3) is 0.417. The van der Waals surface area contributed by atoms with Gasteiger partial charge in [0.15, 0.2) is 0 Å². The maximum absolute atomic E-state index is 11.7. The van der Waals surface area contributed by atoms with E-state index in [2.05, 4.69) is 10.3 Å². The lowest BCUT2D eigenvalue weighted by molar-refractivity contribution is -0.139. The Balaban J connectivity index is 2.59. The van der Waals surface area contributed by atoms with Gasteiger partial charge in [-0.1, -0.05) is 6.07 Å². The molecule has 0 aromatic carbocycles. The minimum Gasteiger partial charge on any atom is -0.477 e. The summed E-state index contributed by atoms with van der Waals surface area (Å²) in [5.74, 6) is -1.32. The Hall–Kier alpha value is -1.95. The van der Waals surface area contributed by atoms with Crippen LogP contribution in [0.1, 0.15) is 29.9 Å².